The van der Waals surface area contributed by atoms with E-state index in [1.54, 1.807) is 24.3 Å². The van der Waals surface area contributed by atoms with Crippen LogP contribution in [0.3, 0.4) is 0 Å². The molecule has 2 aromatic carbocycles. The van der Waals surface area contributed by atoms with Crippen molar-refractivity contribution in [2.24, 2.45) is 12.0 Å². The van der Waals surface area contributed by atoms with E-state index >= 15 is 0 Å². The second-order valence-electron chi connectivity index (χ2n) is 5.44. The molecule has 0 N–H and O–H groups in total. The summed E-state index contributed by atoms with van der Waals surface area (Å²) >= 11 is 1.54. The largest absolute Gasteiger partial charge is 0.494 e. The minimum atomic E-state index is -0.238. The zero-order valence-electron chi connectivity index (χ0n) is 14.1. The first kappa shape index (κ1) is 16.5. The van der Waals surface area contributed by atoms with Gasteiger partial charge in [0, 0.05) is 12.6 Å². The lowest BCUT2D eigenvalue weighted by molar-refractivity contribution is 0.0998. The summed E-state index contributed by atoms with van der Waals surface area (Å²) in [4.78, 5) is 17.5. The van der Waals surface area contributed by atoms with E-state index in [2.05, 4.69) is 30.1 Å². The maximum absolute atomic E-state index is 12.5. The Balaban J connectivity index is 2.00. The lowest BCUT2D eigenvalue weighted by Crippen LogP contribution is -2.13. The number of thiazole rings is 1. The molecular weight excluding hydrogens is 320 g/mol. The fourth-order valence-electron chi connectivity index (χ4n) is 2.69. The number of para-hydroxylation sites is 1. The highest BCUT2D eigenvalue weighted by molar-refractivity contribution is 7.16. The summed E-state index contributed by atoms with van der Waals surface area (Å²) < 4.78 is 8.55. The molecule has 0 spiro atoms. The van der Waals surface area contributed by atoms with Crippen molar-refractivity contribution >= 4 is 27.5 Å². The van der Waals surface area contributed by atoms with Gasteiger partial charge in [0.1, 0.15) is 5.75 Å². The van der Waals surface area contributed by atoms with Crippen LogP contribution in [0.1, 0.15) is 29.8 Å². The van der Waals surface area contributed by atoms with Crippen molar-refractivity contribution in [3.63, 3.8) is 0 Å². The lowest BCUT2D eigenvalue weighted by Gasteiger charge is -2.03. The van der Waals surface area contributed by atoms with Crippen molar-refractivity contribution < 1.29 is 9.53 Å². The van der Waals surface area contributed by atoms with Gasteiger partial charge in [0.05, 0.1) is 16.8 Å². The monoisotopic (exact) mass is 340 g/mol. The molecule has 0 unspecified atom stereocenters. The first-order chi connectivity index (χ1) is 11.6. The van der Waals surface area contributed by atoms with Crippen molar-refractivity contribution in [2.45, 2.75) is 20.3 Å². The van der Waals surface area contributed by atoms with Crippen LogP contribution >= 0.6 is 11.3 Å². The molecule has 3 aromatic rings. The van der Waals surface area contributed by atoms with E-state index in [1.165, 1.54) is 16.9 Å². The Morgan fingerprint density at radius 2 is 1.92 bits per heavy atom. The van der Waals surface area contributed by atoms with Gasteiger partial charge in [-0.2, -0.15) is 4.99 Å². The molecule has 0 bridgehead atoms. The molecule has 1 heterocycles. The minimum absolute atomic E-state index is 0.238. The van der Waals surface area contributed by atoms with Crippen molar-refractivity contribution in [1.29, 1.82) is 0 Å². The van der Waals surface area contributed by atoms with E-state index in [-0.39, 0.29) is 5.91 Å². The molecule has 0 fully saturated rings. The molecular formula is C19H20N2O2S. The molecule has 0 aliphatic heterocycles. The molecule has 4 nitrogen and oxygen atoms in total. The topological polar surface area (TPSA) is 43.6 Å². The number of rotatable bonds is 4. The molecule has 0 saturated heterocycles. The van der Waals surface area contributed by atoms with Crippen LogP contribution in [0.25, 0.3) is 10.2 Å². The van der Waals surface area contributed by atoms with E-state index in [0.717, 1.165) is 22.4 Å². The predicted molar refractivity (Wildman–Crippen MR) is 97.7 cm³/mol. The van der Waals surface area contributed by atoms with Gasteiger partial charge in [0.15, 0.2) is 4.80 Å². The van der Waals surface area contributed by atoms with Crippen molar-refractivity contribution in [2.75, 3.05) is 6.61 Å². The second-order valence-corrected chi connectivity index (χ2v) is 6.44. The predicted octanol–water partition coefficient (Wildman–Crippen LogP) is 3.94. The van der Waals surface area contributed by atoms with Crippen molar-refractivity contribution in [3.05, 3.63) is 58.4 Å². The molecule has 0 aliphatic carbocycles. The molecule has 0 radical (unpaired) electrons. The maximum atomic E-state index is 12.5. The van der Waals surface area contributed by atoms with Crippen molar-refractivity contribution in [1.82, 2.24) is 4.57 Å². The number of aromatic nitrogens is 1. The highest BCUT2D eigenvalue weighted by atomic mass is 32.1. The zero-order chi connectivity index (χ0) is 17.1. The number of carbonyl (C=O) groups is 1. The SMILES string of the molecule is CCOc1ccc(C(=O)N=c2sc3cccc(CC)c3n2C)cc1. The van der Waals surface area contributed by atoms with Crippen LogP contribution in [0, 0.1) is 0 Å². The number of carbonyl (C=O) groups excluding carboxylic acids is 1. The highest BCUT2D eigenvalue weighted by Gasteiger charge is 2.09. The van der Waals surface area contributed by atoms with E-state index in [4.69, 9.17) is 4.74 Å². The number of ether oxygens (including phenoxy) is 1. The summed E-state index contributed by atoms with van der Waals surface area (Å²) in [5.74, 6) is 0.521. The Morgan fingerprint density at radius 1 is 1.17 bits per heavy atom. The molecule has 5 heteroatoms. The van der Waals surface area contributed by atoms with Crippen LogP contribution in [-0.2, 0) is 13.5 Å². The van der Waals surface area contributed by atoms with E-state index < -0.39 is 0 Å². The van der Waals surface area contributed by atoms with Gasteiger partial charge in [-0.15, -0.1) is 0 Å². The summed E-state index contributed by atoms with van der Waals surface area (Å²) in [5.41, 5.74) is 2.98. The average molecular weight is 340 g/mol. The van der Waals surface area contributed by atoms with Crippen LogP contribution in [-0.4, -0.2) is 17.1 Å². The number of aryl methyl sites for hydroxylation is 2. The molecule has 0 aliphatic rings. The van der Waals surface area contributed by atoms with E-state index in [9.17, 15) is 4.79 Å². The van der Waals surface area contributed by atoms with Crippen LogP contribution < -0.4 is 9.54 Å². The minimum Gasteiger partial charge on any atom is -0.494 e. The Labute approximate surface area is 145 Å². The molecule has 24 heavy (non-hydrogen) atoms. The second kappa shape index (κ2) is 7.01. The van der Waals surface area contributed by atoms with Gasteiger partial charge in [0.25, 0.3) is 5.91 Å². The zero-order valence-corrected chi connectivity index (χ0v) is 14.9. The summed E-state index contributed by atoms with van der Waals surface area (Å²) in [6, 6.07) is 13.3. The maximum Gasteiger partial charge on any atom is 0.279 e. The Bertz CT molecular complexity index is 936. The highest BCUT2D eigenvalue weighted by Crippen LogP contribution is 2.21. The van der Waals surface area contributed by atoms with Crippen LogP contribution in [0.15, 0.2) is 47.5 Å². The molecule has 0 atom stereocenters. The number of hydrogen-bond donors (Lipinski definition) is 0. The third kappa shape index (κ3) is 3.12. The molecule has 1 aromatic heterocycles. The van der Waals surface area contributed by atoms with Gasteiger partial charge in [-0.1, -0.05) is 30.4 Å². The number of fused-ring (bicyclic) bond motifs is 1. The van der Waals surface area contributed by atoms with Gasteiger partial charge >= 0.3 is 0 Å². The first-order valence-corrected chi connectivity index (χ1v) is 8.85. The Hall–Kier alpha value is -2.40. The number of benzene rings is 2. The van der Waals surface area contributed by atoms with Crippen LogP contribution in [0.5, 0.6) is 5.75 Å². The van der Waals surface area contributed by atoms with E-state index in [0.29, 0.717) is 17.0 Å². The molecule has 124 valence electrons. The third-order valence-corrected chi connectivity index (χ3v) is 4.99. The summed E-state index contributed by atoms with van der Waals surface area (Å²) in [5, 5.41) is 0. The van der Waals surface area contributed by atoms with Gasteiger partial charge in [-0.05, 0) is 49.2 Å². The normalized spacial score (nSPS) is 11.9. The summed E-state index contributed by atoms with van der Waals surface area (Å²) in [7, 11) is 1.96. The quantitative estimate of drug-likeness (QED) is 0.722. The average Bonchev–Trinajstić information content (AvgIpc) is 2.92. The molecule has 1 amide bonds. The molecule has 0 saturated carbocycles. The first-order valence-electron chi connectivity index (χ1n) is 8.03. The molecule has 3 rings (SSSR count). The smallest absolute Gasteiger partial charge is 0.279 e. The Kier molecular flexibility index (Phi) is 4.81. The van der Waals surface area contributed by atoms with Gasteiger partial charge in [-0.3, -0.25) is 4.79 Å². The lowest BCUT2D eigenvalue weighted by atomic mass is 10.1. The van der Waals surface area contributed by atoms with Gasteiger partial charge < -0.3 is 9.30 Å². The van der Waals surface area contributed by atoms with Crippen LogP contribution in [0.2, 0.25) is 0 Å². The fraction of sp³-hybridized carbons (Fsp3) is 0.263. The number of hydrogen-bond acceptors (Lipinski definition) is 3. The van der Waals surface area contributed by atoms with Gasteiger partial charge in [0.2, 0.25) is 0 Å². The Morgan fingerprint density at radius 3 is 2.58 bits per heavy atom. The number of nitrogens with zero attached hydrogens (tertiary/aromatic N) is 2. The summed E-state index contributed by atoms with van der Waals surface area (Å²) in [6.07, 6.45) is 0.953. The fourth-order valence-corrected chi connectivity index (χ4v) is 3.75. The van der Waals surface area contributed by atoms with Gasteiger partial charge in [-0.25, -0.2) is 0 Å². The standard InChI is InChI=1S/C19H20N2O2S/c1-4-13-7-6-8-16-17(13)21(3)19(24-16)20-18(22)14-9-11-15(12-10-14)23-5-2/h6-12H,4-5H2,1-3H3. The van der Waals surface area contributed by atoms with E-state index in [1.807, 2.05) is 18.5 Å². The number of amides is 1. The van der Waals surface area contributed by atoms with Crippen LogP contribution in [0.4, 0.5) is 0 Å². The summed E-state index contributed by atoms with van der Waals surface area (Å²) in [6.45, 7) is 4.67. The third-order valence-electron chi connectivity index (χ3n) is 3.90. The van der Waals surface area contributed by atoms with Crippen molar-refractivity contribution in [3.8, 4) is 5.75 Å².